The molecule has 0 aromatic heterocycles. The number of nitrogens with one attached hydrogen (secondary N) is 1. The fraction of sp³-hybridized carbons (Fsp3) is 0.647. The van der Waals surface area contributed by atoms with Crippen molar-refractivity contribution in [2.45, 2.75) is 19.4 Å². The molecule has 1 atom stereocenters. The van der Waals surface area contributed by atoms with Gasteiger partial charge in [-0.3, -0.25) is 9.80 Å². The van der Waals surface area contributed by atoms with Crippen molar-refractivity contribution in [3.63, 3.8) is 0 Å². The number of likely N-dealkylation sites (tertiary alicyclic amines) is 1. The number of rotatable bonds is 5. The second-order valence-corrected chi connectivity index (χ2v) is 6.18. The van der Waals surface area contributed by atoms with Gasteiger partial charge in [-0.15, -0.1) is 0 Å². The Kier molecular flexibility index (Phi) is 5.12. The van der Waals surface area contributed by atoms with Gasteiger partial charge >= 0.3 is 0 Å². The van der Waals surface area contributed by atoms with Crippen molar-refractivity contribution in [2.24, 2.45) is 0 Å². The molecular formula is C17H27N3O. The van der Waals surface area contributed by atoms with Gasteiger partial charge < -0.3 is 10.1 Å². The van der Waals surface area contributed by atoms with Crippen molar-refractivity contribution in [3.8, 4) is 0 Å². The van der Waals surface area contributed by atoms with E-state index in [2.05, 4.69) is 46.3 Å². The van der Waals surface area contributed by atoms with E-state index < -0.39 is 0 Å². The van der Waals surface area contributed by atoms with Crippen LogP contribution in [0.3, 0.4) is 0 Å². The summed E-state index contributed by atoms with van der Waals surface area (Å²) in [7, 11) is 0. The van der Waals surface area contributed by atoms with E-state index in [0.717, 1.165) is 45.4 Å². The third kappa shape index (κ3) is 4.19. The topological polar surface area (TPSA) is 27.7 Å². The highest BCUT2D eigenvalue weighted by atomic mass is 16.5. The van der Waals surface area contributed by atoms with E-state index in [4.69, 9.17) is 4.74 Å². The van der Waals surface area contributed by atoms with Crippen molar-refractivity contribution in [1.82, 2.24) is 9.80 Å². The lowest BCUT2D eigenvalue weighted by Gasteiger charge is -2.32. The first-order valence-corrected chi connectivity index (χ1v) is 8.16. The number of hydrogen-bond donors (Lipinski definition) is 1. The van der Waals surface area contributed by atoms with Gasteiger partial charge in [-0.25, -0.2) is 0 Å². The van der Waals surface area contributed by atoms with E-state index in [-0.39, 0.29) is 0 Å². The van der Waals surface area contributed by atoms with Gasteiger partial charge in [0.15, 0.2) is 0 Å². The SMILES string of the molecule is Cc1ccc(NCCN2CCC(N3CCOCC3)C2)cc1. The van der Waals surface area contributed by atoms with Crippen LogP contribution in [-0.4, -0.2) is 68.3 Å². The Morgan fingerprint density at radius 1 is 1.14 bits per heavy atom. The van der Waals surface area contributed by atoms with Crippen LogP contribution >= 0.6 is 0 Å². The summed E-state index contributed by atoms with van der Waals surface area (Å²) in [5.74, 6) is 0. The number of hydrogen-bond acceptors (Lipinski definition) is 4. The minimum Gasteiger partial charge on any atom is -0.384 e. The average molecular weight is 289 g/mol. The molecule has 1 N–H and O–H groups in total. The van der Waals surface area contributed by atoms with Crippen molar-refractivity contribution >= 4 is 5.69 Å². The van der Waals surface area contributed by atoms with Gasteiger partial charge in [-0.2, -0.15) is 0 Å². The fourth-order valence-corrected chi connectivity index (χ4v) is 3.29. The molecule has 21 heavy (non-hydrogen) atoms. The molecule has 2 saturated heterocycles. The number of morpholine rings is 1. The molecule has 0 bridgehead atoms. The zero-order valence-corrected chi connectivity index (χ0v) is 13.1. The monoisotopic (exact) mass is 289 g/mol. The quantitative estimate of drug-likeness (QED) is 0.895. The molecule has 1 unspecified atom stereocenters. The van der Waals surface area contributed by atoms with Crippen LogP contribution < -0.4 is 5.32 Å². The van der Waals surface area contributed by atoms with Crippen molar-refractivity contribution in [1.29, 1.82) is 0 Å². The Labute approximate surface area is 128 Å². The molecule has 0 aliphatic carbocycles. The number of ether oxygens (including phenoxy) is 1. The average Bonchev–Trinajstić information content (AvgIpc) is 2.99. The van der Waals surface area contributed by atoms with E-state index in [1.54, 1.807) is 0 Å². The van der Waals surface area contributed by atoms with Crippen LogP contribution in [0.2, 0.25) is 0 Å². The van der Waals surface area contributed by atoms with Gasteiger partial charge in [0.2, 0.25) is 0 Å². The molecule has 0 radical (unpaired) electrons. The summed E-state index contributed by atoms with van der Waals surface area (Å²) < 4.78 is 5.44. The van der Waals surface area contributed by atoms with Gasteiger partial charge in [0.25, 0.3) is 0 Å². The lowest BCUT2D eigenvalue weighted by atomic mass is 10.2. The van der Waals surface area contributed by atoms with Crippen LogP contribution in [0, 0.1) is 6.92 Å². The van der Waals surface area contributed by atoms with Crippen LogP contribution in [0.4, 0.5) is 5.69 Å². The number of anilines is 1. The third-order valence-corrected chi connectivity index (χ3v) is 4.62. The molecule has 0 saturated carbocycles. The molecule has 116 valence electrons. The summed E-state index contributed by atoms with van der Waals surface area (Å²) >= 11 is 0. The zero-order chi connectivity index (χ0) is 14.5. The third-order valence-electron chi connectivity index (χ3n) is 4.62. The Morgan fingerprint density at radius 2 is 1.90 bits per heavy atom. The van der Waals surface area contributed by atoms with E-state index in [9.17, 15) is 0 Å². The molecule has 4 heteroatoms. The fourth-order valence-electron chi connectivity index (χ4n) is 3.29. The van der Waals surface area contributed by atoms with E-state index >= 15 is 0 Å². The molecule has 2 aliphatic rings. The molecule has 0 amide bonds. The summed E-state index contributed by atoms with van der Waals surface area (Å²) in [6.07, 6.45) is 1.31. The van der Waals surface area contributed by atoms with Crippen LogP contribution in [0.15, 0.2) is 24.3 Å². The number of nitrogens with zero attached hydrogens (tertiary/aromatic N) is 2. The molecule has 4 nitrogen and oxygen atoms in total. The lowest BCUT2D eigenvalue weighted by Crippen LogP contribution is -2.44. The maximum absolute atomic E-state index is 5.44. The predicted octanol–water partition coefficient (Wildman–Crippen LogP) is 1.81. The number of aryl methyl sites for hydroxylation is 1. The smallest absolute Gasteiger partial charge is 0.0594 e. The normalized spacial score (nSPS) is 24.3. The van der Waals surface area contributed by atoms with Crippen LogP contribution in [0.25, 0.3) is 0 Å². The minimum absolute atomic E-state index is 0.744. The molecule has 3 rings (SSSR count). The minimum atomic E-state index is 0.744. The van der Waals surface area contributed by atoms with Crippen LogP contribution in [-0.2, 0) is 4.74 Å². The molecule has 1 aromatic carbocycles. The van der Waals surface area contributed by atoms with Gasteiger partial charge in [0.1, 0.15) is 0 Å². The molecule has 1 aromatic rings. The molecular weight excluding hydrogens is 262 g/mol. The molecule has 2 fully saturated rings. The summed E-state index contributed by atoms with van der Waals surface area (Å²) in [6.45, 7) is 10.8. The Balaban J connectivity index is 1.37. The molecule has 2 aliphatic heterocycles. The Hall–Kier alpha value is -1.10. The predicted molar refractivity (Wildman–Crippen MR) is 86.9 cm³/mol. The first kappa shape index (κ1) is 14.8. The lowest BCUT2D eigenvalue weighted by molar-refractivity contribution is 0.0186. The highest BCUT2D eigenvalue weighted by molar-refractivity contribution is 5.44. The second kappa shape index (κ2) is 7.25. The van der Waals surface area contributed by atoms with Gasteiger partial charge in [-0.05, 0) is 32.0 Å². The molecule has 0 spiro atoms. The largest absolute Gasteiger partial charge is 0.384 e. The summed E-state index contributed by atoms with van der Waals surface area (Å²) in [5.41, 5.74) is 2.54. The summed E-state index contributed by atoms with van der Waals surface area (Å²) in [6, 6.07) is 9.39. The summed E-state index contributed by atoms with van der Waals surface area (Å²) in [4.78, 5) is 5.19. The van der Waals surface area contributed by atoms with Crippen molar-refractivity contribution in [3.05, 3.63) is 29.8 Å². The standard InChI is InChI=1S/C17H27N3O/c1-15-2-4-16(5-3-15)18-7-9-19-8-6-17(14-19)20-10-12-21-13-11-20/h2-5,17-18H,6-14H2,1H3. The summed E-state index contributed by atoms with van der Waals surface area (Å²) in [5, 5.41) is 3.52. The van der Waals surface area contributed by atoms with E-state index in [0.29, 0.717) is 0 Å². The van der Waals surface area contributed by atoms with Crippen molar-refractivity contribution in [2.75, 3.05) is 57.8 Å². The maximum atomic E-state index is 5.44. The van der Waals surface area contributed by atoms with Crippen LogP contribution in [0.5, 0.6) is 0 Å². The van der Waals surface area contributed by atoms with E-state index in [1.165, 1.54) is 30.8 Å². The van der Waals surface area contributed by atoms with E-state index in [1.807, 2.05) is 0 Å². The number of benzene rings is 1. The zero-order valence-electron chi connectivity index (χ0n) is 13.1. The Bertz CT molecular complexity index is 428. The van der Waals surface area contributed by atoms with Crippen molar-refractivity contribution < 1.29 is 4.74 Å². The van der Waals surface area contributed by atoms with Gasteiger partial charge in [0.05, 0.1) is 13.2 Å². The first-order valence-electron chi connectivity index (χ1n) is 8.16. The second-order valence-electron chi connectivity index (χ2n) is 6.18. The highest BCUT2D eigenvalue weighted by Gasteiger charge is 2.28. The van der Waals surface area contributed by atoms with Gasteiger partial charge in [0, 0.05) is 44.5 Å². The molecule has 2 heterocycles. The van der Waals surface area contributed by atoms with Crippen LogP contribution in [0.1, 0.15) is 12.0 Å². The first-order chi connectivity index (χ1) is 10.3. The highest BCUT2D eigenvalue weighted by Crippen LogP contribution is 2.16. The Morgan fingerprint density at radius 3 is 2.67 bits per heavy atom. The maximum Gasteiger partial charge on any atom is 0.0594 e. The van der Waals surface area contributed by atoms with Gasteiger partial charge in [-0.1, -0.05) is 17.7 Å².